The number of hydrogen-bond donors (Lipinski definition) is 1. The molecule has 0 aliphatic heterocycles. The van der Waals surface area contributed by atoms with Crippen molar-refractivity contribution in [1.29, 1.82) is 0 Å². The van der Waals surface area contributed by atoms with E-state index in [1.165, 1.54) is 5.56 Å². The molecule has 1 heterocycles. The van der Waals surface area contributed by atoms with Gasteiger partial charge in [-0.3, -0.25) is 9.48 Å². The Bertz CT molecular complexity index is 454. The summed E-state index contributed by atoms with van der Waals surface area (Å²) in [5.74, 6) is -0.212. The highest BCUT2D eigenvalue weighted by molar-refractivity contribution is 5.80. The van der Waals surface area contributed by atoms with Crippen LogP contribution in [-0.2, 0) is 16.1 Å². The lowest BCUT2D eigenvalue weighted by Gasteiger charge is -2.26. The Morgan fingerprint density at radius 2 is 2.05 bits per heavy atom. The summed E-state index contributed by atoms with van der Waals surface area (Å²) in [5.41, 5.74) is 2.73. The molecule has 5 nitrogen and oxygen atoms in total. The van der Waals surface area contributed by atoms with Crippen LogP contribution in [0.3, 0.4) is 0 Å². The Kier molecular flexibility index (Phi) is 5.11. The average molecular weight is 267 g/mol. The van der Waals surface area contributed by atoms with Crippen LogP contribution in [-0.4, -0.2) is 34.9 Å². The lowest BCUT2D eigenvalue weighted by atomic mass is 9.98. The molecule has 19 heavy (non-hydrogen) atoms. The fraction of sp³-hybridized carbons (Fsp3) is 0.714. The minimum absolute atomic E-state index is 0.212. The van der Waals surface area contributed by atoms with Crippen molar-refractivity contribution in [3.8, 4) is 0 Å². The molecular weight excluding hydrogens is 242 g/mol. The van der Waals surface area contributed by atoms with Crippen LogP contribution >= 0.6 is 0 Å². The fourth-order valence-electron chi connectivity index (χ4n) is 1.95. The summed E-state index contributed by atoms with van der Waals surface area (Å²) in [5, 5.41) is 7.55. The van der Waals surface area contributed by atoms with Gasteiger partial charge in [0.2, 0.25) is 0 Å². The van der Waals surface area contributed by atoms with Crippen LogP contribution in [0.5, 0.6) is 0 Å². The molecule has 1 N–H and O–H groups in total. The average Bonchev–Trinajstić information content (AvgIpc) is 2.63. The number of aryl methyl sites for hydroxylation is 2. The lowest BCUT2D eigenvalue weighted by Crippen LogP contribution is -2.49. The van der Waals surface area contributed by atoms with Crippen LogP contribution in [0.4, 0.5) is 0 Å². The van der Waals surface area contributed by atoms with Crippen molar-refractivity contribution in [2.75, 3.05) is 13.7 Å². The Labute approximate surface area is 115 Å². The molecular formula is C14H25N3O2. The third-order valence-electron chi connectivity index (χ3n) is 3.84. The second kappa shape index (κ2) is 6.19. The summed E-state index contributed by atoms with van der Waals surface area (Å²) in [6, 6.07) is 0. The quantitative estimate of drug-likeness (QED) is 0.798. The molecule has 108 valence electrons. The maximum absolute atomic E-state index is 12.0. The SMILES string of the molecule is CCOC(=O)C(C)(CCn1nc(C)c(C)c1C)NC. The van der Waals surface area contributed by atoms with E-state index in [1.807, 2.05) is 25.5 Å². The first-order valence-corrected chi connectivity index (χ1v) is 6.72. The number of nitrogens with one attached hydrogen (secondary N) is 1. The maximum atomic E-state index is 12.0. The van der Waals surface area contributed by atoms with Crippen molar-refractivity contribution in [2.45, 2.75) is 53.1 Å². The monoisotopic (exact) mass is 267 g/mol. The van der Waals surface area contributed by atoms with Gasteiger partial charge in [-0.1, -0.05) is 0 Å². The first-order chi connectivity index (χ1) is 8.85. The number of likely N-dealkylation sites (N-methyl/N-ethyl adjacent to an activating group) is 1. The largest absolute Gasteiger partial charge is 0.465 e. The van der Waals surface area contributed by atoms with Gasteiger partial charge in [0.15, 0.2) is 0 Å². The van der Waals surface area contributed by atoms with E-state index in [2.05, 4.69) is 24.3 Å². The highest BCUT2D eigenvalue weighted by Crippen LogP contribution is 2.16. The third kappa shape index (κ3) is 3.35. The number of carbonyl (C=O) groups excluding carboxylic acids is 1. The van der Waals surface area contributed by atoms with E-state index in [-0.39, 0.29) is 5.97 Å². The number of carbonyl (C=O) groups is 1. The van der Waals surface area contributed by atoms with Gasteiger partial charge < -0.3 is 10.1 Å². The van der Waals surface area contributed by atoms with Crippen LogP contribution in [0.15, 0.2) is 0 Å². The van der Waals surface area contributed by atoms with Gasteiger partial charge in [-0.15, -0.1) is 0 Å². The second-order valence-electron chi connectivity index (χ2n) is 5.07. The number of nitrogens with zero attached hydrogens (tertiary/aromatic N) is 2. The van der Waals surface area contributed by atoms with Gasteiger partial charge in [0.1, 0.15) is 5.54 Å². The molecule has 0 radical (unpaired) electrons. The van der Waals surface area contributed by atoms with Crippen molar-refractivity contribution in [1.82, 2.24) is 15.1 Å². The highest BCUT2D eigenvalue weighted by Gasteiger charge is 2.32. The van der Waals surface area contributed by atoms with Crippen LogP contribution in [0.1, 0.15) is 37.2 Å². The molecule has 1 rings (SSSR count). The number of hydrogen-bond acceptors (Lipinski definition) is 4. The van der Waals surface area contributed by atoms with E-state index >= 15 is 0 Å². The number of rotatable bonds is 6. The van der Waals surface area contributed by atoms with Crippen LogP contribution in [0.2, 0.25) is 0 Å². The van der Waals surface area contributed by atoms with Crippen molar-refractivity contribution < 1.29 is 9.53 Å². The predicted molar refractivity (Wildman–Crippen MR) is 75.2 cm³/mol. The number of ether oxygens (including phenoxy) is 1. The standard InChI is InChI=1S/C14H25N3O2/c1-7-19-13(18)14(5,15-6)8-9-17-12(4)10(2)11(3)16-17/h15H,7-9H2,1-6H3. The Morgan fingerprint density at radius 3 is 2.47 bits per heavy atom. The highest BCUT2D eigenvalue weighted by atomic mass is 16.5. The molecule has 0 spiro atoms. The van der Waals surface area contributed by atoms with Gasteiger partial charge in [-0.05, 0) is 53.7 Å². The van der Waals surface area contributed by atoms with Gasteiger partial charge in [0.25, 0.3) is 0 Å². The lowest BCUT2D eigenvalue weighted by molar-refractivity contribution is -0.150. The van der Waals surface area contributed by atoms with E-state index in [0.717, 1.165) is 11.4 Å². The summed E-state index contributed by atoms with van der Waals surface area (Å²) in [7, 11) is 1.78. The summed E-state index contributed by atoms with van der Waals surface area (Å²) in [6.07, 6.45) is 0.643. The molecule has 5 heteroatoms. The van der Waals surface area contributed by atoms with Gasteiger partial charge in [0, 0.05) is 12.2 Å². The molecule has 1 aromatic heterocycles. The molecule has 1 aromatic rings. The van der Waals surface area contributed by atoms with Gasteiger partial charge in [0.05, 0.1) is 12.3 Å². The van der Waals surface area contributed by atoms with Gasteiger partial charge >= 0.3 is 5.97 Å². The van der Waals surface area contributed by atoms with Gasteiger partial charge in [-0.2, -0.15) is 5.10 Å². The molecule has 0 aromatic carbocycles. The molecule has 0 saturated carbocycles. The summed E-state index contributed by atoms with van der Waals surface area (Å²) in [6.45, 7) is 10.9. The zero-order valence-corrected chi connectivity index (χ0v) is 12.8. The van der Waals surface area contributed by atoms with E-state index < -0.39 is 5.54 Å². The summed E-state index contributed by atoms with van der Waals surface area (Å²) < 4.78 is 7.07. The molecule has 0 aliphatic rings. The zero-order valence-electron chi connectivity index (χ0n) is 12.8. The topological polar surface area (TPSA) is 56.2 Å². The Balaban J connectivity index is 2.77. The minimum atomic E-state index is -0.670. The molecule has 0 bridgehead atoms. The van der Waals surface area contributed by atoms with Crippen molar-refractivity contribution in [3.63, 3.8) is 0 Å². The Morgan fingerprint density at radius 1 is 1.42 bits per heavy atom. The summed E-state index contributed by atoms with van der Waals surface area (Å²) in [4.78, 5) is 12.0. The predicted octanol–water partition coefficient (Wildman–Crippen LogP) is 1.74. The van der Waals surface area contributed by atoms with Crippen LogP contribution in [0, 0.1) is 20.8 Å². The molecule has 0 aliphatic carbocycles. The van der Waals surface area contributed by atoms with E-state index in [4.69, 9.17) is 4.74 Å². The van der Waals surface area contributed by atoms with E-state index in [1.54, 1.807) is 7.05 Å². The third-order valence-corrected chi connectivity index (χ3v) is 3.84. The maximum Gasteiger partial charge on any atom is 0.326 e. The first-order valence-electron chi connectivity index (χ1n) is 6.72. The smallest absolute Gasteiger partial charge is 0.326 e. The van der Waals surface area contributed by atoms with Crippen molar-refractivity contribution in [2.24, 2.45) is 0 Å². The summed E-state index contributed by atoms with van der Waals surface area (Å²) >= 11 is 0. The van der Waals surface area contributed by atoms with Gasteiger partial charge in [-0.25, -0.2) is 0 Å². The molecule has 0 amide bonds. The van der Waals surface area contributed by atoms with Crippen LogP contribution in [0.25, 0.3) is 0 Å². The minimum Gasteiger partial charge on any atom is -0.465 e. The van der Waals surface area contributed by atoms with Crippen LogP contribution < -0.4 is 5.32 Å². The first kappa shape index (κ1) is 15.7. The molecule has 1 atom stereocenters. The number of esters is 1. The van der Waals surface area contributed by atoms with Crippen molar-refractivity contribution in [3.05, 3.63) is 17.0 Å². The fourth-order valence-corrected chi connectivity index (χ4v) is 1.95. The zero-order chi connectivity index (χ0) is 14.6. The Hall–Kier alpha value is -1.36. The molecule has 1 unspecified atom stereocenters. The molecule has 0 saturated heterocycles. The van der Waals surface area contributed by atoms with Crippen molar-refractivity contribution >= 4 is 5.97 Å². The normalized spacial score (nSPS) is 14.2. The van der Waals surface area contributed by atoms with E-state index in [9.17, 15) is 4.79 Å². The van der Waals surface area contributed by atoms with E-state index in [0.29, 0.717) is 19.6 Å². The molecule has 0 fully saturated rings. The number of aromatic nitrogens is 2. The second-order valence-corrected chi connectivity index (χ2v) is 5.07.